The van der Waals surface area contributed by atoms with E-state index in [2.05, 4.69) is 120 Å². The minimum atomic E-state index is 1.18. The molecule has 0 unspecified atom stereocenters. The highest BCUT2D eigenvalue weighted by Gasteiger charge is 2.16. The van der Waals surface area contributed by atoms with Crippen LogP contribution in [-0.4, -0.2) is 4.98 Å². The molecule has 156 valence electrons. The Balaban J connectivity index is 1.64. The monoisotopic (exact) mass is 439 g/mol. The zero-order valence-corrected chi connectivity index (χ0v) is 18.8. The molecule has 0 N–H and O–H groups in total. The van der Waals surface area contributed by atoms with Crippen molar-refractivity contribution in [3.63, 3.8) is 0 Å². The molecule has 0 spiro atoms. The van der Waals surface area contributed by atoms with Crippen molar-refractivity contribution in [2.45, 2.75) is 9.79 Å². The maximum absolute atomic E-state index is 4.53. The van der Waals surface area contributed by atoms with Crippen LogP contribution < -0.4 is 0 Å². The number of hydrogen-bond donors (Lipinski definition) is 0. The molecule has 6 rings (SSSR count). The average Bonchev–Trinajstić information content (AvgIpc) is 2.90. The molecule has 33 heavy (non-hydrogen) atoms. The predicted molar refractivity (Wildman–Crippen MR) is 141 cm³/mol. The smallest absolute Gasteiger partial charge is 0.0353 e. The summed E-state index contributed by atoms with van der Waals surface area (Å²) in [6, 6.07) is 40.9. The molecule has 0 fully saturated rings. The van der Waals surface area contributed by atoms with E-state index in [0.29, 0.717) is 0 Å². The van der Waals surface area contributed by atoms with Crippen LogP contribution in [0.5, 0.6) is 0 Å². The third-order valence-corrected chi connectivity index (χ3v) is 7.15. The lowest BCUT2D eigenvalue weighted by molar-refractivity contribution is 1.36. The van der Waals surface area contributed by atoms with Crippen LogP contribution in [0.3, 0.4) is 0 Å². The van der Waals surface area contributed by atoms with Gasteiger partial charge in [-0.3, -0.25) is 4.98 Å². The number of benzene rings is 5. The van der Waals surface area contributed by atoms with Crippen LogP contribution in [0.15, 0.2) is 137 Å². The van der Waals surface area contributed by atoms with Gasteiger partial charge in [0.25, 0.3) is 0 Å². The molecule has 0 aliphatic heterocycles. The summed E-state index contributed by atoms with van der Waals surface area (Å²) in [4.78, 5) is 7.04. The summed E-state index contributed by atoms with van der Waals surface area (Å²) >= 11 is 1.82. The molecule has 5 aromatic carbocycles. The first-order chi connectivity index (χ1) is 16.4. The number of fused-ring (bicyclic) bond motifs is 2. The van der Waals surface area contributed by atoms with Gasteiger partial charge in [0.2, 0.25) is 0 Å². The van der Waals surface area contributed by atoms with Gasteiger partial charge in [-0.15, -0.1) is 0 Å². The van der Waals surface area contributed by atoms with Gasteiger partial charge in [0.05, 0.1) is 0 Å². The Bertz CT molecular complexity index is 1520. The molecule has 0 aliphatic carbocycles. The van der Waals surface area contributed by atoms with Gasteiger partial charge >= 0.3 is 0 Å². The maximum Gasteiger partial charge on any atom is 0.0353 e. The topological polar surface area (TPSA) is 12.9 Å². The van der Waals surface area contributed by atoms with Gasteiger partial charge < -0.3 is 0 Å². The minimum Gasteiger partial charge on any atom is -0.264 e. The summed E-state index contributed by atoms with van der Waals surface area (Å²) in [6.45, 7) is 0. The molecule has 0 saturated carbocycles. The van der Waals surface area contributed by atoms with Crippen LogP contribution in [0, 0.1) is 0 Å². The number of pyridine rings is 1. The Kier molecular flexibility index (Phi) is 5.14. The Morgan fingerprint density at radius 3 is 1.94 bits per heavy atom. The maximum atomic E-state index is 4.53. The molecule has 0 aliphatic rings. The van der Waals surface area contributed by atoms with Crippen molar-refractivity contribution in [2.75, 3.05) is 0 Å². The first kappa shape index (κ1) is 19.8. The minimum absolute atomic E-state index is 1.18. The largest absolute Gasteiger partial charge is 0.264 e. The normalized spacial score (nSPS) is 11.2. The lowest BCUT2D eigenvalue weighted by Gasteiger charge is -2.17. The molecule has 6 aromatic rings. The van der Waals surface area contributed by atoms with Gasteiger partial charge in [-0.2, -0.15) is 0 Å². The molecule has 0 saturated heterocycles. The SMILES string of the molecule is c1ccc(Sc2c3ccccc3c(-c3cccc(-c4ccccc4)c3)c3cnccc23)cc1. The predicted octanol–water partition coefficient (Wildman–Crippen LogP) is 8.87. The van der Waals surface area contributed by atoms with Crippen LogP contribution in [-0.2, 0) is 0 Å². The molecule has 1 heterocycles. The van der Waals surface area contributed by atoms with E-state index in [-0.39, 0.29) is 0 Å². The lowest BCUT2D eigenvalue weighted by Crippen LogP contribution is -1.90. The van der Waals surface area contributed by atoms with Crippen molar-refractivity contribution in [2.24, 2.45) is 0 Å². The lowest BCUT2D eigenvalue weighted by atomic mass is 9.91. The van der Waals surface area contributed by atoms with Crippen molar-refractivity contribution in [3.8, 4) is 22.3 Å². The molecule has 1 aromatic heterocycles. The highest BCUT2D eigenvalue weighted by atomic mass is 32.2. The fourth-order valence-corrected chi connectivity index (χ4v) is 5.60. The van der Waals surface area contributed by atoms with Crippen LogP contribution in [0.25, 0.3) is 43.8 Å². The summed E-state index contributed by atoms with van der Waals surface area (Å²) in [6.07, 6.45) is 3.91. The number of hydrogen-bond acceptors (Lipinski definition) is 2. The number of nitrogens with zero attached hydrogens (tertiary/aromatic N) is 1. The Morgan fingerprint density at radius 2 is 1.12 bits per heavy atom. The molecular weight excluding hydrogens is 418 g/mol. The van der Waals surface area contributed by atoms with Gasteiger partial charge in [-0.05, 0) is 62.7 Å². The Labute approximate surface area is 197 Å². The summed E-state index contributed by atoms with van der Waals surface area (Å²) in [5.41, 5.74) is 4.89. The van der Waals surface area contributed by atoms with E-state index in [9.17, 15) is 0 Å². The van der Waals surface area contributed by atoms with Crippen LogP contribution in [0.2, 0.25) is 0 Å². The standard InChI is InChI=1S/C31H21NS/c1-3-10-22(11-4-1)23-12-9-13-24(20-23)30-26-16-7-8-17-27(26)31(28-18-19-32-21-29(28)30)33-25-14-5-2-6-15-25/h1-21H. The van der Waals surface area contributed by atoms with Crippen LogP contribution in [0.4, 0.5) is 0 Å². The van der Waals surface area contributed by atoms with E-state index in [1.165, 1.54) is 53.6 Å². The second-order valence-electron chi connectivity index (χ2n) is 8.03. The second kappa shape index (κ2) is 8.57. The average molecular weight is 440 g/mol. The molecule has 0 radical (unpaired) electrons. The van der Waals surface area contributed by atoms with Crippen molar-refractivity contribution in [1.82, 2.24) is 4.98 Å². The first-order valence-electron chi connectivity index (χ1n) is 11.1. The summed E-state index contributed by atoms with van der Waals surface area (Å²) < 4.78 is 0. The van der Waals surface area contributed by atoms with Gasteiger partial charge in [0.15, 0.2) is 0 Å². The van der Waals surface area contributed by atoms with Crippen molar-refractivity contribution < 1.29 is 0 Å². The molecule has 2 heteroatoms. The van der Waals surface area contributed by atoms with E-state index in [0.717, 1.165) is 0 Å². The fourth-order valence-electron chi connectivity index (χ4n) is 4.49. The highest BCUT2D eigenvalue weighted by Crippen LogP contribution is 2.45. The summed E-state index contributed by atoms with van der Waals surface area (Å²) in [5.74, 6) is 0. The Hall–Kier alpha value is -3.88. The summed E-state index contributed by atoms with van der Waals surface area (Å²) in [5, 5.41) is 4.93. The van der Waals surface area contributed by atoms with Gasteiger partial charge in [0, 0.05) is 27.6 Å². The van der Waals surface area contributed by atoms with E-state index in [1.54, 1.807) is 0 Å². The van der Waals surface area contributed by atoms with Gasteiger partial charge in [-0.25, -0.2) is 0 Å². The Morgan fingerprint density at radius 1 is 0.485 bits per heavy atom. The number of rotatable bonds is 4. The molecule has 0 atom stereocenters. The van der Waals surface area contributed by atoms with Crippen molar-refractivity contribution in [3.05, 3.63) is 128 Å². The molecule has 0 amide bonds. The third kappa shape index (κ3) is 3.69. The van der Waals surface area contributed by atoms with Gasteiger partial charge in [0.1, 0.15) is 0 Å². The van der Waals surface area contributed by atoms with Gasteiger partial charge in [-0.1, -0.05) is 103 Å². The number of aromatic nitrogens is 1. The van der Waals surface area contributed by atoms with Crippen molar-refractivity contribution >= 4 is 33.3 Å². The zero-order valence-electron chi connectivity index (χ0n) is 18.0. The van der Waals surface area contributed by atoms with E-state index in [1.807, 2.05) is 24.2 Å². The third-order valence-electron chi connectivity index (χ3n) is 6.00. The van der Waals surface area contributed by atoms with Crippen molar-refractivity contribution in [1.29, 1.82) is 0 Å². The van der Waals surface area contributed by atoms with E-state index < -0.39 is 0 Å². The molecule has 1 nitrogen and oxygen atoms in total. The molecular formula is C31H21NS. The summed E-state index contributed by atoms with van der Waals surface area (Å²) in [7, 11) is 0. The van der Waals surface area contributed by atoms with Crippen LogP contribution in [0.1, 0.15) is 0 Å². The fraction of sp³-hybridized carbons (Fsp3) is 0. The van der Waals surface area contributed by atoms with E-state index >= 15 is 0 Å². The highest BCUT2D eigenvalue weighted by molar-refractivity contribution is 7.99. The quantitative estimate of drug-likeness (QED) is 0.254. The second-order valence-corrected chi connectivity index (χ2v) is 9.12. The van der Waals surface area contributed by atoms with E-state index in [4.69, 9.17) is 0 Å². The van der Waals surface area contributed by atoms with Crippen LogP contribution >= 0.6 is 11.8 Å². The first-order valence-corrected chi connectivity index (χ1v) is 11.9. The zero-order chi connectivity index (χ0) is 22.0. The molecule has 0 bridgehead atoms.